The molecule has 0 atom stereocenters. The first-order valence-electron chi connectivity index (χ1n) is 4.75. The molecule has 1 aromatic heterocycles. The molecule has 0 spiro atoms. The van der Waals surface area contributed by atoms with Gasteiger partial charge in [-0.3, -0.25) is 4.79 Å². The number of phenolic OH excluding ortho intramolecular Hbond substituents is 1. The molecule has 2 N–H and O–H groups in total. The van der Waals surface area contributed by atoms with E-state index in [1.807, 2.05) is 0 Å². The fourth-order valence-electron chi connectivity index (χ4n) is 1.28. The highest BCUT2D eigenvalue weighted by molar-refractivity contribution is 5.76. The number of benzene rings is 1. The fourth-order valence-corrected chi connectivity index (χ4v) is 1.28. The van der Waals surface area contributed by atoms with Crippen molar-refractivity contribution in [3.63, 3.8) is 0 Å². The molecular weight excluding hydrogens is 204 g/mol. The Morgan fingerprint density at radius 2 is 1.94 bits per heavy atom. The lowest BCUT2D eigenvalue weighted by atomic mass is 10.2. The summed E-state index contributed by atoms with van der Waals surface area (Å²) >= 11 is 0. The molecule has 0 aliphatic rings. The van der Waals surface area contributed by atoms with Gasteiger partial charge >= 0.3 is 0 Å². The molecule has 0 saturated heterocycles. The second-order valence-electron chi connectivity index (χ2n) is 3.26. The van der Waals surface area contributed by atoms with Crippen LogP contribution >= 0.6 is 0 Å². The Kier molecular flexibility index (Phi) is 2.82. The Labute approximate surface area is 92.6 Å². The molecule has 0 fully saturated rings. The lowest BCUT2D eigenvalue weighted by molar-refractivity contribution is 0.112. The summed E-state index contributed by atoms with van der Waals surface area (Å²) in [6, 6.07) is 9.89. The van der Waals surface area contributed by atoms with Gasteiger partial charge in [0.15, 0.2) is 0 Å². The minimum absolute atomic E-state index is 0.208. The van der Waals surface area contributed by atoms with Crippen molar-refractivity contribution in [2.75, 3.05) is 5.32 Å². The van der Waals surface area contributed by atoms with Gasteiger partial charge in [-0.25, -0.2) is 4.98 Å². The average Bonchev–Trinajstić information content (AvgIpc) is 2.32. The lowest BCUT2D eigenvalue weighted by Crippen LogP contribution is -1.94. The van der Waals surface area contributed by atoms with Crippen molar-refractivity contribution in [3.05, 3.63) is 48.2 Å². The van der Waals surface area contributed by atoms with E-state index in [-0.39, 0.29) is 5.75 Å². The standard InChI is InChI=1S/C12H10N2O2/c15-8-9-5-6-13-12(7-9)14-10-1-3-11(16)4-2-10/h1-8,16H,(H,13,14). The number of nitrogens with one attached hydrogen (secondary N) is 1. The molecule has 0 saturated carbocycles. The Hall–Kier alpha value is -2.36. The third-order valence-corrected chi connectivity index (χ3v) is 2.06. The summed E-state index contributed by atoms with van der Waals surface area (Å²) < 4.78 is 0. The molecule has 0 aliphatic heterocycles. The van der Waals surface area contributed by atoms with E-state index in [0.717, 1.165) is 12.0 Å². The fraction of sp³-hybridized carbons (Fsp3) is 0. The van der Waals surface area contributed by atoms with Crippen LogP contribution < -0.4 is 5.32 Å². The van der Waals surface area contributed by atoms with Crippen LogP contribution in [0.1, 0.15) is 10.4 Å². The van der Waals surface area contributed by atoms with Crippen LogP contribution in [0.15, 0.2) is 42.6 Å². The number of aldehydes is 1. The molecule has 1 aromatic carbocycles. The number of nitrogens with zero attached hydrogens (tertiary/aromatic N) is 1. The van der Waals surface area contributed by atoms with Crippen LogP contribution in [-0.4, -0.2) is 16.4 Å². The van der Waals surface area contributed by atoms with Gasteiger partial charge in [-0.1, -0.05) is 0 Å². The molecule has 0 radical (unpaired) electrons. The zero-order chi connectivity index (χ0) is 11.4. The average molecular weight is 214 g/mol. The van der Waals surface area contributed by atoms with Gasteiger partial charge in [-0.05, 0) is 36.4 Å². The molecule has 2 aromatic rings. The Bertz CT molecular complexity index is 495. The van der Waals surface area contributed by atoms with Gasteiger partial charge in [0, 0.05) is 17.4 Å². The van der Waals surface area contributed by atoms with Crippen molar-refractivity contribution < 1.29 is 9.90 Å². The molecule has 4 heteroatoms. The van der Waals surface area contributed by atoms with Crippen LogP contribution in [0.3, 0.4) is 0 Å². The van der Waals surface area contributed by atoms with Gasteiger partial charge in [-0.15, -0.1) is 0 Å². The molecule has 2 rings (SSSR count). The van der Waals surface area contributed by atoms with Crippen LogP contribution in [-0.2, 0) is 0 Å². The quantitative estimate of drug-likeness (QED) is 0.608. The first-order valence-corrected chi connectivity index (χ1v) is 4.75. The Morgan fingerprint density at radius 3 is 2.62 bits per heavy atom. The number of carbonyl (C=O) groups excluding carboxylic acids is 1. The summed E-state index contributed by atoms with van der Waals surface area (Å²) in [7, 11) is 0. The molecular formula is C12H10N2O2. The van der Waals surface area contributed by atoms with Gasteiger partial charge in [0.2, 0.25) is 0 Å². The molecule has 80 valence electrons. The van der Waals surface area contributed by atoms with Crippen molar-refractivity contribution in [2.45, 2.75) is 0 Å². The van der Waals surface area contributed by atoms with E-state index in [1.54, 1.807) is 42.6 Å². The van der Waals surface area contributed by atoms with Crippen LogP contribution in [0.25, 0.3) is 0 Å². The third kappa shape index (κ3) is 2.36. The maximum absolute atomic E-state index is 10.6. The van der Waals surface area contributed by atoms with Gasteiger partial charge in [0.05, 0.1) is 0 Å². The number of hydrogen-bond donors (Lipinski definition) is 2. The minimum atomic E-state index is 0.208. The van der Waals surface area contributed by atoms with Crippen molar-refractivity contribution in [2.24, 2.45) is 0 Å². The summed E-state index contributed by atoms with van der Waals surface area (Å²) in [5, 5.41) is 12.1. The van der Waals surface area contributed by atoms with Crippen LogP contribution in [0.4, 0.5) is 11.5 Å². The van der Waals surface area contributed by atoms with Gasteiger partial charge in [-0.2, -0.15) is 0 Å². The van der Waals surface area contributed by atoms with Crippen molar-refractivity contribution in [1.29, 1.82) is 0 Å². The second-order valence-corrected chi connectivity index (χ2v) is 3.26. The topological polar surface area (TPSA) is 62.2 Å². The number of aromatic nitrogens is 1. The first kappa shape index (κ1) is 10.2. The van der Waals surface area contributed by atoms with E-state index in [9.17, 15) is 4.79 Å². The summed E-state index contributed by atoms with van der Waals surface area (Å²) in [5.74, 6) is 0.801. The Morgan fingerprint density at radius 1 is 1.19 bits per heavy atom. The van der Waals surface area contributed by atoms with Crippen LogP contribution in [0.5, 0.6) is 5.75 Å². The SMILES string of the molecule is O=Cc1ccnc(Nc2ccc(O)cc2)c1. The maximum Gasteiger partial charge on any atom is 0.150 e. The number of aromatic hydroxyl groups is 1. The highest BCUT2D eigenvalue weighted by atomic mass is 16.3. The largest absolute Gasteiger partial charge is 0.508 e. The van der Waals surface area contributed by atoms with E-state index in [2.05, 4.69) is 10.3 Å². The van der Waals surface area contributed by atoms with Crippen molar-refractivity contribution in [3.8, 4) is 5.75 Å². The molecule has 1 heterocycles. The number of carbonyl (C=O) groups is 1. The number of anilines is 2. The van der Waals surface area contributed by atoms with Crippen molar-refractivity contribution in [1.82, 2.24) is 4.98 Å². The third-order valence-electron chi connectivity index (χ3n) is 2.06. The molecule has 0 aliphatic carbocycles. The van der Waals surface area contributed by atoms with Crippen LogP contribution in [0.2, 0.25) is 0 Å². The Balaban J connectivity index is 2.20. The number of rotatable bonds is 3. The van der Waals surface area contributed by atoms with Gasteiger partial charge < -0.3 is 10.4 Å². The first-order chi connectivity index (χ1) is 7.78. The molecule has 0 bridgehead atoms. The summed E-state index contributed by atoms with van der Waals surface area (Å²) in [5.41, 5.74) is 1.37. The predicted octanol–water partition coefficient (Wildman–Crippen LogP) is 2.34. The lowest BCUT2D eigenvalue weighted by Gasteiger charge is -2.05. The van der Waals surface area contributed by atoms with E-state index in [0.29, 0.717) is 11.4 Å². The van der Waals surface area contributed by atoms with Gasteiger partial charge in [0.25, 0.3) is 0 Å². The number of pyridine rings is 1. The second kappa shape index (κ2) is 4.44. The highest BCUT2D eigenvalue weighted by Crippen LogP contribution is 2.17. The predicted molar refractivity (Wildman–Crippen MR) is 61.0 cm³/mol. The molecule has 0 unspecified atom stereocenters. The highest BCUT2D eigenvalue weighted by Gasteiger charge is 1.97. The number of hydrogen-bond acceptors (Lipinski definition) is 4. The van der Waals surface area contributed by atoms with Gasteiger partial charge in [0.1, 0.15) is 17.9 Å². The summed E-state index contributed by atoms with van der Waals surface area (Å²) in [4.78, 5) is 14.6. The van der Waals surface area contributed by atoms with E-state index in [1.165, 1.54) is 0 Å². The van der Waals surface area contributed by atoms with E-state index in [4.69, 9.17) is 5.11 Å². The number of phenols is 1. The molecule has 4 nitrogen and oxygen atoms in total. The molecule has 16 heavy (non-hydrogen) atoms. The summed E-state index contributed by atoms with van der Waals surface area (Å²) in [6.07, 6.45) is 2.33. The monoisotopic (exact) mass is 214 g/mol. The van der Waals surface area contributed by atoms with E-state index >= 15 is 0 Å². The van der Waals surface area contributed by atoms with Crippen molar-refractivity contribution >= 4 is 17.8 Å². The smallest absolute Gasteiger partial charge is 0.150 e. The van der Waals surface area contributed by atoms with Crippen LogP contribution in [0, 0.1) is 0 Å². The normalized spacial score (nSPS) is 9.75. The zero-order valence-electron chi connectivity index (χ0n) is 8.42. The maximum atomic E-state index is 10.6. The molecule has 0 amide bonds. The zero-order valence-corrected chi connectivity index (χ0v) is 8.42. The van der Waals surface area contributed by atoms with E-state index < -0.39 is 0 Å². The summed E-state index contributed by atoms with van der Waals surface area (Å²) in [6.45, 7) is 0. The minimum Gasteiger partial charge on any atom is -0.508 e.